The second-order valence-corrected chi connectivity index (χ2v) is 3.34. The molecule has 6 heteroatoms. The number of carboxylic acids is 1. The van der Waals surface area contributed by atoms with E-state index in [9.17, 15) is 18.4 Å². The Morgan fingerprint density at radius 2 is 2.12 bits per heavy atom. The number of hydrogen-bond donors (Lipinski definition) is 1. The van der Waals surface area contributed by atoms with E-state index in [1.807, 2.05) is 0 Å². The molecule has 0 fully saturated rings. The summed E-state index contributed by atoms with van der Waals surface area (Å²) >= 11 is 0. The summed E-state index contributed by atoms with van der Waals surface area (Å²) in [6.45, 7) is 0. The predicted molar refractivity (Wildman–Crippen MR) is 53.4 cm³/mol. The third-order valence-electron chi connectivity index (χ3n) is 2.45. The molecule has 0 aliphatic rings. The monoisotopic (exact) mass is 244 g/mol. The van der Waals surface area contributed by atoms with E-state index in [0.717, 1.165) is 19.2 Å². The summed E-state index contributed by atoms with van der Waals surface area (Å²) in [5.74, 6) is -3.75. The van der Waals surface area contributed by atoms with Gasteiger partial charge in [0.25, 0.3) is 0 Å². The molecule has 1 N–H and O–H groups in total. The number of hydrogen-bond acceptors (Lipinski definition) is 3. The topological polar surface area (TPSA) is 63.6 Å². The van der Waals surface area contributed by atoms with Crippen LogP contribution in [0.3, 0.4) is 0 Å². The Labute approximate surface area is 95.8 Å². The minimum atomic E-state index is -1.99. The molecule has 0 unspecified atom stereocenters. The van der Waals surface area contributed by atoms with Crippen molar-refractivity contribution in [2.75, 3.05) is 7.11 Å². The summed E-state index contributed by atoms with van der Waals surface area (Å²) in [6.07, 6.45) is -0.150. The van der Waals surface area contributed by atoms with Crippen LogP contribution in [0.5, 0.6) is 0 Å². The second-order valence-electron chi connectivity index (χ2n) is 3.34. The van der Waals surface area contributed by atoms with Crippen LogP contribution in [0.1, 0.15) is 12.0 Å². The van der Waals surface area contributed by atoms with Crippen molar-refractivity contribution in [3.8, 4) is 0 Å². The quantitative estimate of drug-likeness (QED) is 0.797. The van der Waals surface area contributed by atoms with Gasteiger partial charge in [0.1, 0.15) is 6.29 Å². The maximum absolute atomic E-state index is 13.0. The molecule has 0 aliphatic carbocycles. The van der Waals surface area contributed by atoms with Crippen LogP contribution in [0.25, 0.3) is 0 Å². The third kappa shape index (κ3) is 2.31. The molecule has 0 saturated carbocycles. The highest BCUT2D eigenvalue weighted by molar-refractivity contribution is 5.82. The number of carbonyl (C=O) groups is 2. The van der Waals surface area contributed by atoms with Crippen LogP contribution in [0.2, 0.25) is 0 Å². The summed E-state index contributed by atoms with van der Waals surface area (Å²) in [7, 11) is 1.08. The highest BCUT2D eigenvalue weighted by atomic mass is 19.2. The van der Waals surface area contributed by atoms with Gasteiger partial charge in [-0.05, 0) is 17.7 Å². The molecule has 0 aromatic heterocycles. The van der Waals surface area contributed by atoms with Crippen LogP contribution < -0.4 is 0 Å². The highest BCUT2D eigenvalue weighted by Gasteiger charge is 2.41. The minimum Gasteiger partial charge on any atom is -0.479 e. The zero-order chi connectivity index (χ0) is 13.1. The normalized spacial score (nSPS) is 14.1. The molecule has 0 heterocycles. The smallest absolute Gasteiger partial charge is 0.341 e. The van der Waals surface area contributed by atoms with E-state index in [1.54, 1.807) is 0 Å². The van der Waals surface area contributed by atoms with Crippen molar-refractivity contribution in [1.29, 1.82) is 0 Å². The van der Waals surface area contributed by atoms with Gasteiger partial charge in [0.15, 0.2) is 17.2 Å². The van der Waals surface area contributed by atoms with Gasteiger partial charge < -0.3 is 14.6 Å². The van der Waals surface area contributed by atoms with Gasteiger partial charge in [-0.25, -0.2) is 13.6 Å². The zero-order valence-corrected chi connectivity index (χ0v) is 8.94. The first-order valence-corrected chi connectivity index (χ1v) is 4.65. The van der Waals surface area contributed by atoms with Crippen molar-refractivity contribution in [3.63, 3.8) is 0 Å². The number of rotatable bonds is 5. The fourth-order valence-corrected chi connectivity index (χ4v) is 1.48. The molecule has 0 saturated heterocycles. The Kier molecular flexibility index (Phi) is 3.90. The number of carboxylic acid groups (broad SMARTS) is 1. The van der Waals surface area contributed by atoms with E-state index in [4.69, 9.17) is 9.84 Å². The van der Waals surface area contributed by atoms with Crippen molar-refractivity contribution >= 4 is 12.3 Å². The Balaban J connectivity index is 3.34. The Morgan fingerprint density at radius 1 is 1.47 bits per heavy atom. The van der Waals surface area contributed by atoms with E-state index in [0.29, 0.717) is 12.4 Å². The molecule has 92 valence electrons. The zero-order valence-electron chi connectivity index (χ0n) is 8.94. The van der Waals surface area contributed by atoms with Crippen LogP contribution in [-0.2, 0) is 19.9 Å². The van der Waals surface area contributed by atoms with Crippen LogP contribution in [-0.4, -0.2) is 24.5 Å². The first-order chi connectivity index (χ1) is 7.97. The molecule has 1 atom stereocenters. The van der Waals surface area contributed by atoms with Gasteiger partial charge >= 0.3 is 5.97 Å². The molecule has 0 amide bonds. The molecule has 17 heavy (non-hydrogen) atoms. The van der Waals surface area contributed by atoms with Crippen LogP contribution >= 0.6 is 0 Å². The fourth-order valence-electron chi connectivity index (χ4n) is 1.48. The molecule has 0 bridgehead atoms. The number of benzene rings is 1. The number of carbonyl (C=O) groups excluding carboxylic acids is 1. The molecule has 1 rings (SSSR count). The fraction of sp³-hybridized carbons (Fsp3) is 0.273. The van der Waals surface area contributed by atoms with Crippen molar-refractivity contribution < 1.29 is 28.2 Å². The summed E-state index contributed by atoms with van der Waals surface area (Å²) in [6, 6.07) is 2.56. The number of ether oxygens (including phenoxy) is 1. The van der Waals surface area contributed by atoms with Crippen molar-refractivity contribution in [3.05, 3.63) is 35.4 Å². The summed E-state index contributed by atoms with van der Waals surface area (Å²) in [4.78, 5) is 21.6. The largest absolute Gasteiger partial charge is 0.479 e. The predicted octanol–water partition coefficient (Wildman–Crippen LogP) is 1.48. The van der Waals surface area contributed by atoms with Gasteiger partial charge in [0.05, 0.1) is 0 Å². The van der Waals surface area contributed by atoms with Gasteiger partial charge in [-0.1, -0.05) is 6.07 Å². The second kappa shape index (κ2) is 5.01. The van der Waals surface area contributed by atoms with Crippen LogP contribution in [0, 0.1) is 11.6 Å². The lowest BCUT2D eigenvalue weighted by Crippen LogP contribution is -2.38. The van der Waals surface area contributed by atoms with Gasteiger partial charge in [0, 0.05) is 13.5 Å². The van der Waals surface area contributed by atoms with E-state index < -0.39 is 29.6 Å². The summed E-state index contributed by atoms with van der Waals surface area (Å²) in [5, 5.41) is 9.07. The van der Waals surface area contributed by atoms with Gasteiger partial charge in [-0.3, -0.25) is 0 Å². The van der Waals surface area contributed by atoms with Crippen LogP contribution in [0.4, 0.5) is 8.78 Å². The van der Waals surface area contributed by atoms with E-state index in [-0.39, 0.29) is 5.56 Å². The SMILES string of the molecule is CO[C@@](CC=O)(C(=O)O)c1ccc(F)c(F)c1. The number of halogens is 2. The van der Waals surface area contributed by atoms with E-state index in [2.05, 4.69) is 0 Å². The maximum atomic E-state index is 13.0. The number of aldehydes is 1. The van der Waals surface area contributed by atoms with Gasteiger partial charge in [0.2, 0.25) is 0 Å². The lowest BCUT2D eigenvalue weighted by atomic mass is 9.90. The third-order valence-corrected chi connectivity index (χ3v) is 2.45. The average molecular weight is 244 g/mol. The average Bonchev–Trinajstić information content (AvgIpc) is 2.29. The van der Waals surface area contributed by atoms with E-state index in [1.165, 1.54) is 0 Å². The Hall–Kier alpha value is -1.82. The molecule has 4 nitrogen and oxygen atoms in total. The molecule has 0 radical (unpaired) electrons. The lowest BCUT2D eigenvalue weighted by Gasteiger charge is -2.26. The molecular weight excluding hydrogens is 234 g/mol. The maximum Gasteiger partial charge on any atom is 0.341 e. The van der Waals surface area contributed by atoms with Crippen molar-refractivity contribution in [2.24, 2.45) is 0 Å². The first-order valence-electron chi connectivity index (χ1n) is 4.65. The van der Waals surface area contributed by atoms with Crippen LogP contribution in [0.15, 0.2) is 18.2 Å². The molecular formula is C11H10F2O4. The summed E-state index contributed by atoms with van der Waals surface area (Å²) in [5.41, 5.74) is -2.12. The highest BCUT2D eigenvalue weighted by Crippen LogP contribution is 2.29. The number of methoxy groups -OCH3 is 1. The Bertz CT molecular complexity index is 447. The first kappa shape index (κ1) is 13.2. The van der Waals surface area contributed by atoms with Crippen molar-refractivity contribution in [1.82, 2.24) is 0 Å². The lowest BCUT2D eigenvalue weighted by molar-refractivity contribution is -0.165. The van der Waals surface area contributed by atoms with Crippen molar-refractivity contribution in [2.45, 2.75) is 12.0 Å². The van der Waals surface area contributed by atoms with E-state index >= 15 is 0 Å². The molecule has 1 aromatic carbocycles. The number of aliphatic carboxylic acids is 1. The standard InChI is InChI=1S/C11H10F2O4/c1-17-11(4-5-14,10(15)16)7-2-3-8(12)9(13)6-7/h2-3,5-6H,4H2,1H3,(H,15,16)/t11-/m1/s1. The molecule has 0 aliphatic heterocycles. The molecule has 1 aromatic rings. The van der Waals surface area contributed by atoms with Gasteiger partial charge in [-0.15, -0.1) is 0 Å². The molecule has 0 spiro atoms. The minimum absolute atomic E-state index is 0.126. The van der Waals surface area contributed by atoms with Gasteiger partial charge in [-0.2, -0.15) is 0 Å². The Morgan fingerprint density at radius 3 is 2.53 bits per heavy atom. The summed E-state index contributed by atoms with van der Waals surface area (Å²) < 4.78 is 30.6.